The minimum Gasteiger partial charge on any atom is -0.486 e. The summed E-state index contributed by atoms with van der Waals surface area (Å²) in [6.45, 7) is 4.43. The quantitative estimate of drug-likeness (QED) is 0.628. The summed E-state index contributed by atoms with van der Waals surface area (Å²) in [4.78, 5) is 16.8. The first-order chi connectivity index (χ1) is 13.5. The second-order valence-electron chi connectivity index (χ2n) is 6.26. The number of halogens is 1. The van der Waals surface area contributed by atoms with Crippen molar-refractivity contribution in [2.75, 3.05) is 24.8 Å². The molecule has 28 heavy (non-hydrogen) atoms. The van der Waals surface area contributed by atoms with Gasteiger partial charge in [0.2, 0.25) is 0 Å². The molecule has 150 valence electrons. The van der Waals surface area contributed by atoms with E-state index in [0.717, 1.165) is 18.4 Å². The summed E-state index contributed by atoms with van der Waals surface area (Å²) in [5, 5.41) is 2.53. The van der Waals surface area contributed by atoms with Gasteiger partial charge in [0, 0.05) is 7.11 Å². The minimum absolute atomic E-state index is 0.0121. The van der Waals surface area contributed by atoms with E-state index in [2.05, 4.69) is 17.2 Å². The molecule has 0 aliphatic heterocycles. The van der Waals surface area contributed by atoms with Crippen molar-refractivity contribution in [3.05, 3.63) is 59.1 Å². The number of rotatable bonds is 9. The predicted octanol–water partition coefficient (Wildman–Crippen LogP) is 4.25. The van der Waals surface area contributed by atoms with Gasteiger partial charge in [-0.25, -0.2) is 9.37 Å². The van der Waals surface area contributed by atoms with E-state index in [1.165, 1.54) is 12.1 Å². The van der Waals surface area contributed by atoms with Crippen LogP contribution in [0.2, 0.25) is 0 Å². The fraction of sp³-hybridized carbons (Fsp3) is 0.333. The topological polar surface area (TPSA) is 86.5 Å². The third kappa shape index (κ3) is 5.53. The Labute approximate surface area is 164 Å². The maximum atomic E-state index is 14.6. The number of hydrogen-bond donors (Lipinski definition) is 2. The molecule has 0 unspecified atom stereocenters. The number of nitrogens with one attached hydrogen (secondary N) is 1. The van der Waals surface area contributed by atoms with Crippen LogP contribution < -0.4 is 15.8 Å². The number of unbranched alkanes of at least 4 members (excludes halogenated alkanes) is 1. The molecule has 0 aliphatic rings. The first-order valence-corrected chi connectivity index (χ1v) is 9.10. The van der Waals surface area contributed by atoms with Crippen LogP contribution in [0.1, 0.15) is 41.4 Å². The lowest BCUT2D eigenvalue weighted by atomic mass is 10.1. The molecule has 1 aromatic carbocycles. The number of methoxy groups -OCH3 is 1. The summed E-state index contributed by atoms with van der Waals surface area (Å²) in [5.74, 6) is -1.06. The zero-order chi connectivity index (χ0) is 20.5. The highest BCUT2D eigenvalue weighted by Gasteiger charge is 2.17. The molecule has 0 saturated heterocycles. The van der Waals surface area contributed by atoms with Crippen LogP contribution in [0.15, 0.2) is 36.4 Å². The first kappa shape index (κ1) is 21.4. The number of aryl methyl sites for hydroxylation is 1. The summed E-state index contributed by atoms with van der Waals surface area (Å²) in [6.07, 6.45) is 5.80. The highest BCUT2D eigenvalue weighted by molar-refractivity contribution is 6.07. The lowest BCUT2D eigenvalue weighted by Crippen LogP contribution is -2.17. The highest BCUT2D eigenvalue weighted by Crippen LogP contribution is 2.26. The fourth-order valence-corrected chi connectivity index (χ4v) is 2.53. The van der Waals surface area contributed by atoms with Crippen LogP contribution in [0.5, 0.6) is 5.75 Å². The van der Waals surface area contributed by atoms with E-state index >= 15 is 0 Å². The molecular weight excluding hydrogens is 361 g/mol. The lowest BCUT2D eigenvalue weighted by Gasteiger charge is -2.13. The van der Waals surface area contributed by atoms with Gasteiger partial charge in [0.15, 0.2) is 11.6 Å². The number of anilines is 2. The first-order valence-electron chi connectivity index (χ1n) is 9.10. The van der Waals surface area contributed by atoms with E-state index in [4.69, 9.17) is 15.2 Å². The van der Waals surface area contributed by atoms with Crippen LogP contribution in [0, 0.1) is 12.7 Å². The van der Waals surface area contributed by atoms with Crippen LogP contribution in [-0.2, 0) is 11.3 Å². The molecule has 0 fully saturated rings. The van der Waals surface area contributed by atoms with Gasteiger partial charge in [0.1, 0.15) is 12.4 Å². The molecule has 1 aromatic heterocycles. The number of carbonyl (C=O) groups is 1. The largest absolute Gasteiger partial charge is 0.486 e. The zero-order valence-corrected chi connectivity index (χ0v) is 16.4. The van der Waals surface area contributed by atoms with E-state index in [-0.39, 0.29) is 29.4 Å². The molecule has 2 rings (SSSR count). The fourth-order valence-electron chi connectivity index (χ4n) is 2.53. The summed E-state index contributed by atoms with van der Waals surface area (Å²) in [6, 6.07) is 6.20. The van der Waals surface area contributed by atoms with E-state index in [0.29, 0.717) is 12.3 Å². The van der Waals surface area contributed by atoms with Gasteiger partial charge in [-0.2, -0.15) is 0 Å². The Balaban J connectivity index is 2.14. The zero-order valence-electron chi connectivity index (χ0n) is 16.4. The Hall–Kier alpha value is -2.93. The van der Waals surface area contributed by atoms with Gasteiger partial charge >= 0.3 is 0 Å². The molecule has 7 heteroatoms. The van der Waals surface area contributed by atoms with Crippen molar-refractivity contribution in [2.24, 2.45) is 0 Å². The van der Waals surface area contributed by atoms with E-state index < -0.39 is 11.7 Å². The van der Waals surface area contributed by atoms with Gasteiger partial charge < -0.3 is 20.5 Å². The molecule has 0 aliphatic carbocycles. The number of amides is 1. The second-order valence-corrected chi connectivity index (χ2v) is 6.26. The van der Waals surface area contributed by atoms with Crippen molar-refractivity contribution in [3.63, 3.8) is 0 Å². The molecule has 1 heterocycles. The molecule has 0 spiro atoms. The number of nitrogens with zero attached hydrogens (tertiary/aromatic N) is 1. The van der Waals surface area contributed by atoms with Crippen molar-refractivity contribution >= 4 is 17.4 Å². The van der Waals surface area contributed by atoms with Gasteiger partial charge in [0.25, 0.3) is 5.91 Å². The molecule has 3 N–H and O–H groups in total. The molecule has 2 aromatic rings. The Kier molecular flexibility index (Phi) is 7.95. The average molecular weight is 387 g/mol. The molecule has 6 nitrogen and oxygen atoms in total. The Morgan fingerprint density at radius 2 is 2.14 bits per heavy atom. The number of nitrogens with two attached hydrogens (primary N) is 1. The molecule has 0 atom stereocenters. The van der Waals surface area contributed by atoms with Crippen LogP contribution in [0.4, 0.5) is 15.9 Å². The molecular formula is C21H26FN3O3. The number of pyridine rings is 1. The predicted molar refractivity (Wildman–Crippen MR) is 108 cm³/mol. The number of allylic oxidation sites excluding steroid dienone is 1. The standard InChI is InChI=1S/C21H26FN3O3/c1-4-5-6-7-11-28-18-10-8-9-16(19(18)22)25-21(26)15-12-14(2)17(13-27-3)24-20(15)23/h6-10,12H,4-5,11,13H2,1-3H3,(H2,23,24)(H,25,26). The lowest BCUT2D eigenvalue weighted by molar-refractivity contribution is 0.102. The average Bonchev–Trinajstić information content (AvgIpc) is 2.67. The van der Waals surface area contributed by atoms with Crippen molar-refractivity contribution in [1.82, 2.24) is 4.98 Å². The third-order valence-electron chi connectivity index (χ3n) is 4.04. The van der Waals surface area contributed by atoms with Gasteiger partial charge in [-0.15, -0.1) is 0 Å². The number of hydrogen-bond acceptors (Lipinski definition) is 5. The van der Waals surface area contributed by atoms with E-state index in [1.807, 2.05) is 12.2 Å². The molecule has 0 saturated carbocycles. The number of aromatic nitrogens is 1. The number of nitrogen functional groups attached to an aromatic ring is 1. The van der Waals surface area contributed by atoms with Crippen LogP contribution >= 0.6 is 0 Å². The Morgan fingerprint density at radius 1 is 1.36 bits per heavy atom. The van der Waals surface area contributed by atoms with Crippen molar-refractivity contribution in [1.29, 1.82) is 0 Å². The van der Waals surface area contributed by atoms with Gasteiger partial charge in [-0.3, -0.25) is 4.79 Å². The molecule has 1 amide bonds. The number of carbonyl (C=O) groups excluding carboxylic acids is 1. The SMILES string of the molecule is CCCC=CCOc1cccc(NC(=O)c2cc(C)c(COC)nc2N)c1F. The van der Waals surface area contributed by atoms with Crippen molar-refractivity contribution in [2.45, 2.75) is 33.3 Å². The van der Waals surface area contributed by atoms with Crippen LogP contribution in [-0.4, -0.2) is 24.6 Å². The smallest absolute Gasteiger partial charge is 0.259 e. The van der Waals surface area contributed by atoms with Crippen LogP contribution in [0.25, 0.3) is 0 Å². The maximum Gasteiger partial charge on any atom is 0.259 e. The van der Waals surface area contributed by atoms with Gasteiger partial charge in [-0.05, 0) is 37.1 Å². The minimum atomic E-state index is -0.640. The highest BCUT2D eigenvalue weighted by atomic mass is 19.1. The third-order valence-corrected chi connectivity index (χ3v) is 4.04. The Bertz CT molecular complexity index is 853. The monoisotopic (exact) mass is 387 g/mol. The summed E-state index contributed by atoms with van der Waals surface area (Å²) >= 11 is 0. The second kappa shape index (κ2) is 10.4. The van der Waals surface area contributed by atoms with Crippen molar-refractivity contribution in [3.8, 4) is 5.75 Å². The number of benzene rings is 1. The summed E-state index contributed by atoms with van der Waals surface area (Å²) in [7, 11) is 1.55. The van der Waals surface area contributed by atoms with E-state index in [9.17, 15) is 9.18 Å². The maximum absolute atomic E-state index is 14.6. The molecule has 0 radical (unpaired) electrons. The van der Waals surface area contributed by atoms with Crippen LogP contribution in [0.3, 0.4) is 0 Å². The van der Waals surface area contributed by atoms with Gasteiger partial charge in [-0.1, -0.05) is 31.6 Å². The van der Waals surface area contributed by atoms with Gasteiger partial charge in [0.05, 0.1) is 23.6 Å². The summed E-state index contributed by atoms with van der Waals surface area (Å²) in [5.41, 5.74) is 7.49. The summed E-state index contributed by atoms with van der Waals surface area (Å²) < 4.78 is 25.1. The normalized spacial score (nSPS) is 11.0. The Morgan fingerprint density at radius 3 is 2.86 bits per heavy atom. The molecule has 0 bridgehead atoms. The number of ether oxygens (including phenoxy) is 2. The van der Waals surface area contributed by atoms with E-state index in [1.54, 1.807) is 26.2 Å². The van der Waals surface area contributed by atoms with Crippen molar-refractivity contribution < 1.29 is 18.7 Å².